The Hall–Kier alpha value is -0.610. The van der Waals surface area contributed by atoms with E-state index in [0.29, 0.717) is 12.5 Å². The molecule has 0 aromatic rings. The summed E-state index contributed by atoms with van der Waals surface area (Å²) in [5.74, 6) is 0.282. The first-order valence-electron chi connectivity index (χ1n) is 6.78. The van der Waals surface area contributed by atoms with Crippen molar-refractivity contribution in [3.63, 3.8) is 0 Å². The van der Waals surface area contributed by atoms with E-state index >= 15 is 0 Å². The van der Waals surface area contributed by atoms with Crippen LogP contribution in [0.4, 0.5) is 0 Å². The molecule has 100 valence electrons. The number of nitrogens with two attached hydrogens (primary N) is 1. The molecule has 0 bridgehead atoms. The lowest BCUT2D eigenvalue weighted by atomic mass is 10.1. The van der Waals surface area contributed by atoms with Crippen LogP contribution in [0.25, 0.3) is 0 Å². The van der Waals surface area contributed by atoms with E-state index in [9.17, 15) is 4.79 Å². The van der Waals surface area contributed by atoms with Gasteiger partial charge in [0.2, 0.25) is 5.91 Å². The van der Waals surface area contributed by atoms with Crippen molar-refractivity contribution in [3.8, 4) is 0 Å². The van der Waals surface area contributed by atoms with Crippen LogP contribution >= 0.6 is 0 Å². The van der Waals surface area contributed by atoms with E-state index in [4.69, 9.17) is 5.73 Å². The number of carbonyl (C=O) groups excluding carboxylic acids is 1. The summed E-state index contributed by atoms with van der Waals surface area (Å²) in [6, 6.07) is 0.497. The highest BCUT2D eigenvalue weighted by atomic mass is 16.2. The highest BCUT2D eigenvalue weighted by Gasteiger charge is 2.25. The molecule has 0 spiro atoms. The molecule has 1 fully saturated rings. The van der Waals surface area contributed by atoms with Crippen molar-refractivity contribution in [1.82, 2.24) is 9.80 Å². The summed E-state index contributed by atoms with van der Waals surface area (Å²) in [7, 11) is 2.14. The molecule has 17 heavy (non-hydrogen) atoms. The number of likely N-dealkylation sites (N-methyl/N-ethyl adjacent to an activating group) is 1. The molecule has 0 saturated carbocycles. The molecule has 1 heterocycles. The van der Waals surface area contributed by atoms with Crippen molar-refractivity contribution in [1.29, 1.82) is 0 Å². The van der Waals surface area contributed by atoms with Crippen LogP contribution in [0.2, 0.25) is 0 Å². The first kappa shape index (κ1) is 14.5. The van der Waals surface area contributed by atoms with Gasteiger partial charge in [0.1, 0.15) is 0 Å². The Bertz CT molecular complexity index is 243. The van der Waals surface area contributed by atoms with Crippen LogP contribution in [0.3, 0.4) is 0 Å². The summed E-state index contributed by atoms with van der Waals surface area (Å²) in [4.78, 5) is 16.6. The fourth-order valence-electron chi connectivity index (χ4n) is 2.42. The number of nitrogens with zero attached hydrogens (tertiary/aromatic N) is 2. The lowest BCUT2D eigenvalue weighted by Crippen LogP contribution is -2.43. The van der Waals surface area contributed by atoms with Crippen molar-refractivity contribution in [2.45, 2.75) is 51.6 Å². The standard InChI is InChI=1S/C13H27N3O/c1-4-12-10-15(3)8-5-9-16(12)13(17)7-6-11(2)14/h11-12H,4-10,14H2,1-3H3. The van der Waals surface area contributed by atoms with Gasteiger partial charge in [-0.05, 0) is 39.8 Å². The third-order valence-electron chi connectivity index (χ3n) is 3.51. The molecule has 1 aliphatic heterocycles. The van der Waals surface area contributed by atoms with Crippen LogP contribution in [-0.4, -0.2) is 54.5 Å². The predicted octanol–water partition coefficient (Wildman–Crippen LogP) is 1.06. The first-order chi connectivity index (χ1) is 8.04. The summed E-state index contributed by atoms with van der Waals surface area (Å²) >= 11 is 0. The number of hydrogen-bond acceptors (Lipinski definition) is 3. The van der Waals surface area contributed by atoms with Crippen LogP contribution in [0.15, 0.2) is 0 Å². The van der Waals surface area contributed by atoms with Gasteiger partial charge in [-0.3, -0.25) is 4.79 Å². The van der Waals surface area contributed by atoms with E-state index in [-0.39, 0.29) is 11.9 Å². The predicted molar refractivity (Wildman–Crippen MR) is 70.8 cm³/mol. The quantitative estimate of drug-likeness (QED) is 0.800. The minimum absolute atomic E-state index is 0.119. The lowest BCUT2D eigenvalue weighted by molar-refractivity contribution is -0.133. The Morgan fingerprint density at radius 1 is 1.47 bits per heavy atom. The molecular formula is C13H27N3O. The second-order valence-corrected chi connectivity index (χ2v) is 5.28. The van der Waals surface area contributed by atoms with Crippen LogP contribution in [0, 0.1) is 0 Å². The van der Waals surface area contributed by atoms with E-state index in [1.807, 2.05) is 6.92 Å². The van der Waals surface area contributed by atoms with Crippen molar-refractivity contribution >= 4 is 5.91 Å². The van der Waals surface area contributed by atoms with Gasteiger partial charge in [0, 0.05) is 31.6 Å². The monoisotopic (exact) mass is 241 g/mol. The number of carbonyl (C=O) groups is 1. The van der Waals surface area contributed by atoms with E-state index in [2.05, 4.69) is 23.8 Å². The molecule has 4 nitrogen and oxygen atoms in total. The molecule has 1 amide bonds. The third kappa shape index (κ3) is 4.64. The Morgan fingerprint density at radius 3 is 2.76 bits per heavy atom. The molecule has 2 atom stereocenters. The number of amides is 1. The van der Waals surface area contributed by atoms with Crippen LogP contribution in [0.5, 0.6) is 0 Å². The topological polar surface area (TPSA) is 49.6 Å². The zero-order valence-corrected chi connectivity index (χ0v) is 11.5. The molecule has 0 radical (unpaired) electrons. The number of hydrogen-bond donors (Lipinski definition) is 1. The Labute approximate surface area is 105 Å². The van der Waals surface area contributed by atoms with Crippen LogP contribution in [-0.2, 0) is 4.79 Å². The largest absolute Gasteiger partial charge is 0.338 e. The SMILES string of the molecule is CCC1CN(C)CCCN1C(=O)CCC(C)N. The van der Waals surface area contributed by atoms with Gasteiger partial charge in [0.05, 0.1) is 0 Å². The highest BCUT2D eigenvalue weighted by molar-refractivity contribution is 5.76. The molecular weight excluding hydrogens is 214 g/mol. The maximum Gasteiger partial charge on any atom is 0.222 e. The average Bonchev–Trinajstić information content (AvgIpc) is 2.47. The minimum atomic E-state index is 0.119. The normalized spacial score (nSPS) is 24.5. The zero-order valence-electron chi connectivity index (χ0n) is 11.5. The van der Waals surface area contributed by atoms with Gasteiger partial charge in [-0.2, -0.15) is 0 Å². The minimum Gasteiger partial charge on any atom is -0.338 e. The summed E-state index contributed by atoms with van der Waals surface area (Å²) in [5.41, 5.74) is 5.71. The summed E-state index contributed by atoms with van der Waals surface area (Å²) in [6.45, 7) is 7.12. The average molecular weight is 241 g/mol. The van der Waals surface area contributed by atoms with E-state index in [1.54, 1.807) is 0 Å². The molecule has 2 N–H and O–H groups in total. The third-order valence-corrected chi connectivity index (χ3v) is 3.51. The fraction of sp³-hybridized carbons (Fsp3) is 0.923. The van der Waals surface area contributed by atoms with Crippen molar-refractivity contribution in [2.24, 2.45) is 5.73 Å². The Morgan fingerprint density at radius 2 is 2.18 bits per heavy atom. The maximum absolute atomic E-state index is 12.2. The lowest BCUT2D eigenvalue weighted by Gasteiger charge is -2.30. The molecule has 0 aromatic carbocycles. The van der Waals surface area contributed by atoms with Gasteiger partial charge in [-0.15, -0.1) is 0 Å². The zero-order chi connectivity index (χ0) is 12.8. The summed E-state index contributed by atoms with van der Waals surface area (Å²) < 4.78 is 0. The maximum atomic E-state index is 12.2. The summed E-state index contributed by atoms with van der Waals surface area (Å²) in [5, 5.41) is 0. The molecule has 0 aliphatic carbocycles. The van der Waals surface area contributed by atoms with E-state index < -0.39 is 0 Å². The second-order valence-electron chi connectivity index (χ2n) is 5.28. The Balaban J connectivity index is 2.55. The van der Waals surface area contributed by atoms with Crippen molar-refractivity contribution in [2.75, 3.05) is 26.7 Å². The van der Waals surface area contributed by atoms with Gasteiger partial charge >= 0.3 is 0 Å². The fourth-order valence-corrected chi connectivity index (χ4v) is 2.42. The van der Waals surface area contributed by atoms with E-state index in [0.717, 1.165) is 38.9 Å². The van der Waals surface area contributed by atoms with Gasteiger partial charge in [0.15, 0.2) is 0 Å². The number of rotatable bonds is 4. The first-order valence-corrected chi connectivity index (χ1v) is 6.78. The van der Waals surface area contributed by atoms with Crippen molar-refractivity contribution < 1.29 is 4.79 Å². The van der Waals surface area contributed by atoms with E-state index in [1.165, 1.54) is 0 Å². The molecule has 4 heteroatoms. The Kier molecular flexibility index (Phi) is 5.92. The van der Waals surface area contributed by atoms with Gasteiger partial charge in [-0.1, -0.05) is 6.92 Å². The van der Waals surface area contributed by atoms with Gasteiger partial charge in [-0.25, -0.2) is 0 Å². The second kappa shape index (κ2) is 6.97. The van der Waals surface area contributed by atoms with Crippen LogP contribution in [0.1, 0.15) is 39.5 Å². The molecule has 1 rings (SSSR count). The molecule has 1 saturated heterocycles. The molecule has 2 unspecified atom stereocenters. The van der Waals surface area contributed by atoms with Gasteiger partial charge < -0.3 is 15.5 Å². The smallest absolute Gasteiger partial charge is 0.222 e. The summed E-state index contributed by atoms with van der Waals surface area (Å²) in [6.07, 6.45) is 3.50. The van der Waals surface area contributed by atoms with Gasteiger partial charge in [0.25, 0.3) is 0 Å². The molecule has 1 aliphatic rings. The highest BCUT2D eigenvalue weighted by Crippen LogP contribution is 2.14. The molecule has 0 aromatic heterocycles. The van der Waals surface area contributed by atoms with Crippen molar-refractivity contribution in [3.05, 3.63) is 0 Å². The van der Waals surface area contributed by atoms with Crippen LogP contribution < -0.4 is 5.73 Å².